The molecule has 0 radical (unpaired) electrons. The molecular formula is C26H28ClN3O3. The first-order valence-corrected chi connectivity index (χ1v) is 11.6. The van der Waals surface area contributed by atoms with Gasteiger partial charge in [0.05, 0.1) is 23.9 Å². The standard InChI is InChI=1S/C26H28ClN3O3/c1-18-16-20(17-19(2)25(18)27)32-14-6-5-13-30-22-9-4-3-8-21(22)29-24(30)11-12-28-26(31)23-10-7-15-33-23/h3-4,7-10,15-17H,5-6,11-14H2,1-2H3,(H,28,31). The number of nitrogens with one attached hydrogen (secondary N) is 1. The third kappa shape index (κ3) is 5.57. The van der Waals surface area contributed by atoms with Crippen LogP contribution in [-0.4, -0.2) is 28.6 Å². The summed E-state index contributed by atoms with van der Waals surface area (Å²) in [7, 11) is 0. The molecule has 2 heterocycles. The predicted octanol–water partition coefficient (Wildman–Crippen LogP) is 5.73. The van der Waals surface area contributed by atoms with E-state index >= 15 is 0 Å². The number of carbonyl (C=O) groups excluding carboxylic acids is 1. The maximum atomic E-state index is 12.1. The Hall–Kier alpha value is -3.25. The molecule has 0 fully saturated rings. The van der Waals surface area contributed by atoms with E-state index in [9.17, 15) is 4.79 Å². The van der Waals surface area contributed by atoms with E-state index in [1.54, 1.807) is 12.1 Å². The predicted molar refractivity (Wildman–Crippen MR) is 130 cm³/mol. The van der Waals surface area contributed by atoms with Crippen molar-refractivity contribution in [3.8, 4) is 5.75 Å². The van der Waals surface area contributed by atoms with Gasteiger partial charge in [0.1, 0.15) is 11.6 Å². The number of para-hydroxylation sites is 2. The minimum absolute atomic E-state index is 0.215. The fraction of sp³-hybridized carbons (Fsp3) is 0.308. The number of rotatable bonds is 10. The van der Waals surface area contributed by atoms with Crippen LogP contribution in [0.1, 0.15) is 40.3 Å². The number of amides is 1. The lowest BCUT2D eigenvalue weighted by molar-refractivity contribution is 0.0926. The van der Waals surface area contributed by atoms with Crippen LogP contribution in [0.3, 0.4) is 0 Å². The van der Waals surface area contributed by atoms with Gasteiger partial charge in [0, 0.05) is 24.5 Å². The van der Waals surface area contributed by atoms with Gasteiger partial charge in [-0.3, -0.25) is 4.79 Å². The van der Waals surface area contributed by atoms with Crippen LogP contribution in [0.4, 0.5) is 0 Å². The summed E-state index contributed by atoms with van der Waals surface area (Å²) in [5, 5.41) is 3.69. The Morgan fingerprint density at radius 1 is 1.12 bits per heavy atom. The highest BCUT2D eigenvalue weighted by Crippen LogP contribution is 2.26. The van der Waals surface area contributed by atoms with Crippen molar-refractivity contribution in [3.63, 3.8) is 0 Å². The maximum Gasteiger partial charge on any atom is 0.286 e. The average molecular weight is 466 g/mol. The molecule has 6 nitrogen and oxygen atoms in total. The van der Waals surface area contributed by atoms with E-state index in [4.69, 9.17) is 25.7 Å². The van der Waals surface area contributed by atoms with Crippen LogP contribution in [0.2, 0.25) is 5.02 Å². The van der Waals surface area contributed by atoms with Gasteiger partial charge in [-0.25, -0.2) is 4.98 Å². The number of halogens is 1. The third-order valence-electron chi connectivity index (χ3n) is 5.57. The average Bonchev–Trinajstić information content (AvgIpc) is 3.46. The van der Waals surface area contributed by atoms with Crippen LogP contribution < -0.4 is 10.1 Å². The van der Waals surface area contributed by atoms with Gasteiger partial charge in [0.2, 0.25) is 0 Å². The molecule has 4 aromatic rings. The second-order valence-electron chi connectivity index (χ2n) is 8.08. The number of hydrogen-bond acceptors (Lipinski definition) is 4. The summed E-state index contributed by atoms with van der Waals surface area (Å²) >= 11 is 6.24. The van der Waals surface area contributed by atoms with Gasteiger partial charge in [-0.2, -0.15) is 0 Å². The van der Waals surface area contributed by atoms with Gasteiger partial charge >= 0.3 is 0 Å². The lowest BCUT2D eigenvalue weighted by atomic mass is 10.1. The lowest BCUT2D eigenvalue weighted by Gasteiger charge is -2.12. The van der Waals surface area contributed by atoms with E-state index in [1.165, 1.54) is 6.26 Å². The maximum absolute atomic E-state index is 12.1. The first-order valence-electron chi connectivity index (χ1n) is 11.2. The molecule has 2 aromatic carbocycles. The Morgan fingerprint density at radius 3 is 2.67 bits per heavy atom. The number of benzene rings is 2. The first kappa shape index (κ1) is 22.9. The smallest absolute Gasteiger partial charge is 0.286 e. The van der Waals surface area contributed by atoms with Gasteiger partial charge in [-0.1, -0.05) is 23.7 Å². The molecule has 1 N–H and O–H groups in total. The van der Waals surface area contributed by atoms with Crippen LogP contribution in [-0.2, 0) is 13.0 Å². The zero-order valence-electron chi connectivity index (χ0n) is 18.9. The van der Waals surface area contributed by atoms with Crippen LogP contribution in [0, 0.1) is 13.8 Å². The van der Waals surface area contributed by atoms with Crippen molar-refractivity contribution in [3.05, 3.63) is 82.5 Å². The molecule has 33 heavy (non-hydrogen) atoms. The summed E-state index contributed by atoms with van der Waals surface area (Å²) in [4.78, 5) is 16.9. The second kappa shape index (κ2) is 10.6. The molecule has 1 amide bonds. The summed E-state index contributed by atoms with van der Waals surface area (Å²) in [6.45, 7) is 5.95. The van der Waals surface area contributed by atoms with E-state index in [-0.39, 0.29) is 5.91 Å². The molecule has 0 saturated heterocycles. The number of unbranched alkanes of at least 4 members (excludes halogenated alkanes) is 1. The molecule has 0 aliphatic carbocycles. The number of hydrogen-bond donors (Lipinski definition) is 1. The minimum atomic E-state index is -0.215. The highest BCUT2D eigenvalue weighted by Gasteiger charge is 2.12. The first-order chi connectivity index (χ1) is 16.0. The Morgan fingerprint density at radius 2 is 1.91 bits per heavy atom. The zero-order valence-corrected chi connectivity index (χ0v) is 19.7. The van der Waals surface area contributed by atoms with E-state index in [2.05, 4.69) is 16.0 Å². The summed E-state index contributed by atoms with van der Waals surface area (Å²) < 4.78 is 13.3. The molecule has 2 aromatic heterocycles. The van der Waals surface area contributed by atoms with E-state index < -0.39 is 0 Å². The van der Waals surface area contributed by atoms with Crippen LogP contribution >= 0.6 is 11.6 Å². The number of ether oxygens (including phenoxy) is 1. The molecule has 0 aliphatic rings. The van der Waals surface area contributed by atoms with Gasteiger partial charge in [-0.05, 0) is 74.2 Å². The van der Waals surface area contributed by atoms with E-state index in [1.807, 2.05) is 44.2 Å². The zero-order chi connectivity index (χ0) is 23.2. The molecule has 4 rings (SSSR count). The third-order valence-corrected chi connectivity index (χ3v) is 6.16. The Bertz CT molecular complexity index is 1210. The summed E-state index contributed by atoms with van der Waals surface area (Å²) in [6, 6.07) is 15.4. The summed E-state index contributed by atoms with van der Waals surface area (Å²) in [5.41, 5.74) is 4.13. The molecule has 0 aliphatic heterocycles. The Labute approximate surface area is 198 Å². The van der Waals surface area contributed by atoms with Crippen molar-refractivity contribution in [1.29, 1.82) is 0 Å². The van der Waals surface area contributed by atoms with Crippen molar-refractivity contribution in [2.75, 3.05) is 13.2 Å². The van der Waals surface area contributed by atoms with E-state index in [0.29, 0.717) is 25.3 Å². The molecule has 0 bridgehead atoms. The lowest BCUT2D eigenvalue weighted by Crippen LogP contribution is -2.26. The van der Waals surface area contributed by atoms with Crippen LogP contribution in [0.5, 0.6) is 5.75 Å². The molecule has 0 atom stereocenters. The van der Waals surface area contributed by atoms with Gasteiger partial charge in [0.25, 0.3) is 5.91 Å². The van der Waals surface area contributed by atoms with E-state index in [0.717, 1.165) is 58.1 Å². The monoisotopic (exact) mass is 465 g/mol. The molecule has 0 saturated carbocycles. The van der Waals surface area contributed by atoms with Crippen molar-refractivity contribution in [2.24, 2.45) is 0 Å². The molecule has 0 unspecified atom stereocenters. The Kier molecular flexibility index (Phi) is 7.35. The molecule has 172 valence electrons. The largest absolute Gasteiger partial charge is 0.494 e. The molecule has 7 heteroatoms. The topological polar surface area (TPSA) is 69.3 Å². The number of aryl methyl sites for hydroxylation is 3. The normalized spacial score (nSPS) is 11.1. The van der Waals surface area contributed by atoms with Crippen molar-refractivity contribution in [2.45, 2.75) is 39.7 Å². The van der Waals surface area contributed by atoms with Crippen molar-refractivity contribution < 1.29 is 13.9 Å². The minimum Gasteiger partial charge on any atom is -0.494 e. The summed E-state index contributed by atoms with van der Waals surface area (Å²) in [5.74, 6) is 1.92. The number of carbonyl (C=O) groups is 1. The van der Waals surface area contributed by atoms with Gasteiger partial charge in [0.15, 0.2) is 5.76 Å². The number of fused-ring (bicyclic) bond motifs is 1. The highest BCUT2D eigenvalue weighted by atomic mass is 35.5. The molecule has 0 spiro atoms. The van der Waals surface area contributed by atoms with Crippen molar-refractivity contribution >= 4 is 28.5 Å². The number of aromatic nitrogens is 2. The fourth-order valence-electron chi connectivity index (χ4n) is 3.90. The fourth-order valence-corrected chi connectivity index (χ4v) is 4.01. The van der Waals surface area contributed by atoms with Gasteiger partial charge in [-0.15, -0.1) is 0 Å². The number of imidazole rings is 1. The number of furan rings is 1. The number of nitrogens with zero attached hydrogens (tertiary/aromatic N) is 2. The molecular weight excluding hydrogens is 438 g/mol. The summed E-state index contributed by atoms with van der Waals surface area (Å²) in [6.07, 6.45) is 4.01. The quantitative estimate of drug-likeness (QED) is 0.303. The van der Waals surface area contributed by atoms with Crippen LogP contribution in [0.25, 0.3) is 11.0 Å². The second-order valence-corrected chi connectivity index (χ2v) is 8.46. The SMILES string of the molecule is Cc1cc(OCCCCn2c(CCNC(=O)c3ccco3)nc3ccccc32)cc(C)c1Cl. The Balaban J connectivity index is 1.33. The highest BCUT2D eigenvalue weighted by molar-refractivity contribution is 6.32. The van der Waals surface area contributed by atoms with Gasteiger partial charge < -0.3 is 19.0 Å². The van der Waals surface area contributed by atoms with Crippen molar-refractivity contribution in [1.82, 2.24) is 14.9 Å². The van der Waals surface area contributed by atoms with Crippen LogP contribution in [0.15, 0.2) is 59.2 Å².